The molecular formula is C20H33N3O2. The second-order valence-electron chi connectivity index (χ2n) is 7.49. The third kappa shape index (κ3) is 6.67. The summed E-state index contributed by atoms with van der Waals surface area (Å²) in [5, 5.41) is 2.99. The Morgan fingerprint density at radius 1 is 1.28 bits per heavy atom. The highest BCUT2D eigenvalue weighted by Crippen LogP contribution is 2.20. The highest BCUT2D eigenvalue weighted by Gasteiger charge is 2.27. The van der Waals surface area contributed by atoms with Gasteiger partial charge in [-0.05, 0) is 44.1 Å². The SMILES string of the molecule is CC(C)C1CC(=O)NCCN1Cc1ccc(OCCCN(C)C)cc1. The number of carbonyl (C=O) groups is 1. The Morgan fingerprint density at radius 3 is 2.64 bits per heavy atom. The molecule has 1 aliphatic heterocycles. The molecule has 1 aliphatic rings. The summed E-state index contributed by atoms with van der Waals surface area (Å²) in [5.41, 5.74) is 1.26. The molecule has 0 bridgehead atoms. The molecule has 0 aliphatic carbocycles. The average Bonchev–Trinajstić information content (AvgIpc) is 2.74. The summed E-state index contributed by atoms with van der Waals surface area (Å²) in [4.78, 5) is 16.4. The van der Waals surface area contributed by atoms with Gasteiger partial charge in [-0.2, -0.15) is 0 Å². The number of hydrogen-bond acceptors (Lipinski definition) is 4. The highest BCUT2D eigenvalue weighted by atomic mass is 16.5. The molecule has 1 N–H and O–H groups in total. The fourth-order valence-corrected chi connectivity index (χ4v) is 3.25. The molecule has 1 amide bonds. The average molecular weight is 348 g/mol. The summed E-state index contributed by atoms with van der Waals surface area (Å²) in [6.45, 7) is 8.68. The van der Waals surface area contributed by atoms with Gasteiger partial charge >= 0.3 is 0 Å². The van der Waals surface area contributed by atoms with Crippen LogP contribution < -0.4 is 10.1 Å². The largest absolute Gasteiger partial charge is 0.494 e. The smallest absolute Gasteiger partial charge is 0.221 e. The summed E-state index contributed by atoms with van der Waals surface area (Å²) in [7, 11) is 4.15. The maximum Gasteiger partial charge on any atom is 0.221 e. The van der Waals surface area contributed by atoms with Gasteiger partial charge in [-0.1, -0.05) is 26.0 Å². The second-order valence-corrected chi connectivity index (χ2v) is 7.49. The van der Waals surface area contributed by atoms with Crippen molar-refractivity contribution in [3.05, 3.63) is 29.8 Å². The fourth-order valence-electron chi connectivity index (χ4n) is 3.25. The van der Waals surface area contributed by atoms with Crippen LogP contribution in [0.3, 0.4) is 0 Å². The monoisotopic (exact) mass is 347 g/mol. The molecule has 1 saturated heterocycles. The third-order valence-electron chi connectivity index (χ3n) is 4.68. The molecule has 25 heavy (non-hydrogen) atoms. The lowest BCUT2D eigenvalue weighted by atomic mass is 9.98. The normalized spacial score (nSPS) is 19.1. The van der Waals surface area contributed by atoms with E-state index < -0.39 is 0 Å². The molecule has 0 saturated carbocycles. The molecule has 0 aromatic heterocycles. The minimum Gasteiger partial charge on any atom is -0.494 e. The van der Waals surface area contributed by atoms with Gasteiger partial charge in [0.05, 0.1) is 6.61 Å². The molecule has 1 heterocycles. The zero-order valence-electron chi connectivity index (χ0n) is 16.1. The van der Waals surface area contributed by atoms with Gasteiger partial charge < -0.3 is 15.0 Å². The number of benzene rings is 1. The molecule has 1 aromatic carbocycles. The van der Waals surface area contributed by atoms with Gasteiger partial charge in [-0.3, -0.25) is 9.69 Å². The molecule has 1 atom stereocenters. The van der Waals surface area contributed by atoms with Crippen molar-refractivity contribution in [2.45, 2.75) is 39.3 Å². The summed E-state index contributed by atoms with van der Waals surface area (Å²) in [6.07, 6.45) is 1.62. The van der Waals surface area contributed by atoms with E-state index in [4.69, 9.17) is 4.74 Å². The zero-order valence-corrected chi connectivity index (χ0v) is 16.1. The first kappa shape index (κ1) is 19.7. The van der Waals surface area contributed by atoms with Crippen LogP contribution in [0.25, 0.3) is 0 Å². The van der Waals surface area contributed by atoms with Crippen molar-refractivity contribution < 1.29 is 9.53 Å². The standard InChI is InChI=1S/C20H33N3O2/c1-16(2)19-14-20(24)21-10-12-23(19)15-17-6-8-18(9-7-17)25-13-5-11-22(3)4/h6-9,16,19H,5,10-15H2,1-4H3,(H,21,24). The van der Waals surface area contributed by atoms with E-state index in [-0.39, 0.29) is 5.91 Å². The van der Waals surface area contributed by atoms with Crippen LogP contribution in [0, 0.1) is 5.92 Å². The summed E-state index contributed by atoms with van der Waals surface area (Å²) in [6, 6.07) is 8.68. The number of carbonyl (C=O) groups excluding carboxylic acids is 1. The molecule has 2 rings (SSSR count). The number of nitrogens with zero attached hydrogens (tertiary/aromatic N) is 2. The molecule has 140 valence electrons. The van der Waals surface area contributed by atoms with Crippen LogP contribution in [-0.4, -0.2) is 62.1 Å². The van der Waals surface area contributed by atoms with Gasteiger partial charge in [0.15, 0.2) is 0 Å². The van der Waals surface area contributed by atoms with Gasteiger partial charge in [0.2, 0.25) is 5.91 Å². The lowest BCUT2D eigenvalue weighted by Crippen LogP contribution is -2.39. The topological polar surface area (TPSA) is 44.8 Å². The van der Waals surface area contributed by atoms with Gasteiger partial charge in [0.25, 0.3) is 0 Å². The van der Waals surface area contributed by atoms with E-state index in [1.165, 1.54) is 5.56 Å². The van der Waals surface area contributed by atoms with Crippen LogP contribution in [0.5, 0.6) is 5.75 Å². The third-order valence-corrected chi connectivity index (χ3v) is 4.68. The molecule has 5 nitrogen and oxygen atoms in total. The van der Waals surface area contributed by atoms with Crippen molar-refractivity contribution in [2.24, 2.45) is 5.92 Å². The van der Waals surface area contributed by atoms with Crippen molar-refractivity contribution in [1.29, 1.82) is 0 Å². The molecule has 1 unspecified atom stereocenters. The Labute approximate surface area is 152 Å². The van der Waals surface area contributed by atoms with Crippen LogP contribution in [-0.2, 0) is 11.3 Å². The van der Waals surface area contributed by atoms with E-state index in [1.807, 2.05) is 0 Å². The first-order valence-corrected chi connectivity index (χ1v) is 9.33. The minimum atomic E-state index is 0.169. The van der Waals surface area contributed by atoms with Gasteiger partial charge in [-0.25, -0.2) is 0 Å². The Hall–Kier alpha value is -1.59. The van der Waals surface area contributed by atoms with Gasteiger partial charge in [0, 0.05) is 38.6 Å². The molecule has 0 radical (unpaired) electrons. The van der Waals surface area contributed by atoms with E-state index in [1.54, 1.807) is 0 Å². The number of hydrogen-bond donors (Lipinski definition) is 1. The zero-order chi connectivity index (χ0) is 18.2. The van der Waals surface area contributed by atoms with Crippen molar-refractivity contribution >= 4 is 5.91 Å². The van der Waals surface area contributed by atoms with Crippen molar-refractivity contribution in [3.8, 4) is 5.75 Å². The Morgan fingerprint density at radius 2 is 2.00 bits per heavy atom. The molecule has 5 heteroatoms. The van der Waals surface area contributed by atoms with E-state index in [0.717, 1.165) is 45.0 Å². The first-order valence-electron chi connectivity index (χ1n) is 9.33. The van der Waals surface area contributed by atoms with Crippen LogP contribution in [0.4, 0.5) is 0 Å². The minimum absolute atomic E-state index is 0.169. The van der Waals surface area contributed by atoms with E-state index in [2.05, 4.69) is 67.3 Å². The van der Waals surface area contributed by atoms with E-state index in [9.17, 15) is 4.79 Å². The quantitative estimate of drug-likeness (QED) is 0.733. The molecule has 1 fully saturated rings. The summed E-state index contributed by atoms with van der Waals surface area (Å²) >= 11 is 0. The molecule has 1 aromatic rings. The first-order chi connectivity index (χ1) is 12.0. The van der Waals surface area contributed by atoms with Crippen molar-refractivity contribution in [3.63, 3.8) is 0 Å². The lowest BCUT2D eigenvalue weighted by molar-refractivity contribution is -0.121. The Bertz CT molecular complexity index is 528. The number of amides is 1. The second kappa shape index (κ2) is 9.78. The van der Waals surface area contributed by atoms with Crippen molar-refractivity contribution in [2.75, 3.05) is 40.3 Å². The van der Waals surface area contributed by atoms with Crippen LogP contribution in [0.1, 0.15) is 32.3 Å². The Balaban J connectivity index is 1.89. The van der Waals surface area contributed by atoms with Crippen LogP contribution in [0.15, 0.2) is 24.3 Å². The highest BCUT2D eigenvalue weighted by molar-refractivity contribution is 5.76. The van der Waals surface area contributed by atoms with Gasteiger partial charge in [0.1, 0.15) is 5.75 Å². The summed E-state index contributed by atoms with van der Waals surface area (Å²) < 4.78 is 5.80. The van der Waals surface area contributed by atoms with Crippen LogP contribution in [0.2, 0.25) is 0 Å². The molecule has 0 spiro atoms. The number of nitrogens with one attached hydrogen (secondary N) is 1. The number of rotatable bonds is 8. The van der Waals surface area contributed by atoms with E-state index >= 15 is 0 Å². The van der Waals surface area contributed by atoms with E-state index in [0.29, 0.717) is 18.4 Å². The fraction of sp³-hybridized carbons (Fsp3) is 0.650. The number of ether oxygens (including phenoxy) is 1. The predicted molar refractivity (Wildman–Crippen MR) is 102 cm³/mol. The predicted octanol–water partition coefficient (Wildman–Crippen LogP) is 2.36. The van der Waals surface area contributed by atoms with Crippen molar-refractivity contribution in [1.82, 2.24) is 15.1 Å². The maximum absolute atomic E-state index is 11.9. The lowest BCUT2D eigenvalue weighted by Gasteiger charge is -2.32. The maximum atomic E-state index is 11.9. The summed E-state index contributed by atoms with van der Waals surface area (Å²) in [5.74, 6) is 1.56. The molecular weight excluding hydrogens is 314 g/mol. The van der Waals surface area contributed by atoms with Crippen LogP contribution >= 0.6 is 0 Å². The van der Waals surface area contributed by atoms with Gasteiger partial charge in [-0.15, -0.1) is 0 Å². The Kier molecular flexibility index (Phi) is 7.72.